The molecule has 1 heterocycles. The number of benzene rings is 1. The highest BCUT2D eigenvalue weighted by Crippen LogP contribution is 2.45. The van der Waals surface area contributed by atoms with Crippen molar-refractivity contribution in [1.82, 2.24) is 0 Å². The minimum atomic E-state index is 0.287. The van der Waals surface area contributed by atoms with E-state index in [-0.39, 0.29) is 5.54 Å². The fourth-order valence-electron chi connectivity index (χ4n) is 3.49. The van der Waals surface area contributed by atoms with E-state index in [4.69, 9.17) is 0 Å². The summed E-state index contributed by atoms with van der Waals surface area (Å²) in [7, 11) is 0. The van der Waals surface area contributed by atoms with E-state index in [2.05, 4.69) is 17.1 Å². The summed E-state index contributed by atoms with van der Waals surface area (Å²) in [5, 5.41) is 13.2. The van der Waals surface area contributed by atoms with Crippen molar-refractivity contribution in [2.45, 2.75) is 38.1 Å². The number of hydrogen-bond donors (Lipinski definition) is 2. The molecule has 0 unspecified atom stereocenters. The summed E-state index contributed by atoms with van der Waals surface area (Å²) in [6.07, 6.45) is 5.19. The average molecular weight is 232 g/mol. The summed E-state index contributed by atoms with van der Waals surface area (Å²) < 4.78 is 0. The maximum Gasteiger partial charge on any atom is 0.117 e. The minimum absolute atomic E-state index is 0.287. The van der Waals surface area contributed by atoms with Crippen LogP contribution in [0.3, 0.4) is 0 Å². The molecule has 92 valence electrons. The highest BCUT2D eigenvalue weighted by atomic mass is 16.3. The highest BCUT2D eigenvalue weighted by Gasteiger charge is 2.42. The van der Waals surface area contributed by atoms with Crippen molar-refractivity contribution >= 4 is 11.4 Å². The van der Waals surface area contributed by atoms with E-state index in [1.54, 1.807) is 6.07 Å². The molecule has 1 spiro atoms. The van der Waals surface area contributed by atoms with Gasteiger partial charge in [0.15, 0.2) is 0 Å². The molecule has 3 heteroatoms. The number of likely N-dealkylation sites (N-methyl/N-ethyl adjacent to an activating group) is 1. The zero-order chi connectivity index (χ0) is 11.9. The second-order valence-corrected chi connectivity index (χ2v) is 5.23. The normalized spacial score (nSPS) is 21.4. The number of phenols is 1. The Labute approximate surface area is 102 Å². The molecule has 0 saturated heterocycles. The van der Waals surface area contributed by atoms with Gasteiger partial charge in [0.2, 0.25) is 0 Å². The summed E-state index contributed by atoms with van der Waals surface area (Å²) in [4.78, 5) is 2.49. The number of nitrogens with one attached hydrogen (secondary N) is 1. The zero-order valence-electron chi connectivity index (χ0n) is 10.4. The quantitative estimate of drug-likeness (QED) is 0.731. The van der Waals surface area contributed by atoms with Gasteiger partial charge in [-0.1, -0.05) is 12.8 Å². The predicted octanol–water partition coefficient (Wildman–Crippen LogP) is 2.96. The van der Waals surface area contributed by atoms with Crippen LogP contribution >= 0.6 is 0 Å². The topological polar surface area (TPSA) is 35.5 Å². The molecule has 0 amide bonds. The van der Waals surface area contributed by atoms with Crippen LogP contribution in [0.5, 0.6) is 5.75 Å². The van der Waals surface area contributed by atoms with Crippen LogP contribution in [-0.4, -0.2) is 23.7 Å². The van der Waals surface area contributed by atoms with Crippen LogP contribution in [0.1, 0.15) is 32.6 Å². The van der Waals surface area contributed by atoms with Crippen LogP contribution in [0.4, 0.5) is 11.4 Å². The molecule has 1 saturated carbocycles. The molecule has 1 aliphatic carbocycles. The Balaban J connectivity index is 2.05. The summed E-state index contributed by atoms with van der Waals surface area (Å²) in [6, 6.07) is 5.63. The van der Waals surface area contributed by atoms with E-state index < -0.39 is 0 Å². The lowest BCUT2D eigenvalue weighted by Crippen LogP contribution is -2.54. The van der Waals surface area contributed by atoms with Crippen molar-refractivity contribution in [2.24, 2.45) is 0 Å². The first kappa shape index (κ1) is 10.8. The van der Waals surface area contributed by atoms with Crippen molar-refractivity contribution in [3.8, 4) is 5.75 Å². The summed E-state index contributed by atoms with van der Waals surface area (Å²) in [6.45, 7) is 4.26. The van der Waals surface area contributed by atoms with E-state index in [0.29, 0.717) is 5.75 Å². The van der Waals surface area contributed by atoms with Crippen molar-refractivity contribution in [2.75, 3.05) is 23.3 Å². The van der Waals surface area contributed by atoms with Gasteiger partial charge in [0.05, 0.1) is 16.9 Å². The highest BCUT2D eigenvalue weighted by molar-refractivity contribution is 5.75. The van der Waals surface area contributed by atoms with Crippen LogP contribution in [0.2, 0.25) is 0 Å². The van der Waals surface area contributed by atoms with Crippen molar-refractivity contribution in [1.29, 1.82) is 0 Å². The van der Waals surface area contributed by atoms with Crippen molar-refractivity contribution in [3.05, 3.63) is 18.2 Å². The number of aromatic hydroxyl groups is 1. The van der Waals surface area contributed by atoms with Crippen LogP contribution in [-0.2, 0) is 0 Å². The third-order valence-electron chi connectivity index (χ3n) is 4.30. The molecule has 2 N–H and O–H groups in total. The Bertz CT molecular complexity index is 424. The lowest BCUT2D eigenvalue weighted by atomic mass is 9.91. The first-order valence-corrected chi connectivity index (χ1v) is 6.60. The lowest BCUT2D eigenvalue weighted by molar-refractivity contribution is 0.410. The number of fused-ring (bicyclic) bond motifs is 1. The second-order valence-electron chi connectivity index (χ2n) is 5.23. The fourth-order valence-corrected chi connectivity index (χ4v) is 3.49. The maximum atomic E-state index is 9.68. The van der Waals surface area contributed by atoms with Crippen LogP contribution < -0.4 is 10.2 Å². The first-order chi connectivity index (χ1) is 8.25. The Hall–Kier alpha value is -1.38. The van der Waals surface area contributed by atoms with Crippen LogP contribution in [0.25, 0.3) is 0 Å². The van der Waals surface area contributed by atoms with Gasteiger partial charge in [-0.05, 0) is 31.9 Å². The van der Waals surface area contributed by atoms with Gasteiger partial charge in [0.1, 0.15) is 5.75 Å². The number of rotatable bonds is 1. The number of anilines is 2. The van der Waals surface area contributed by atoms with E-state index in [1.807, 2.05) is 12.1 Å². The van der Waals surface area contributed by atoms with Gasteiger partial charge in [-0.25, -0.2) is 0 Å². The average Bonchev–Trinajstić information content (AvgIpc) is 2.78. The predicted molar refractivity (Wildman–Crippen MR) is 70.8 cm³/mol. The Kier molecular flexibility index (Phi) is 2.42. The first-order valence-electron chi connectivity index (χ1n) is 6.60. The van der Waals surface area contributed by atoms with Crippen molar-refractivity contribution in [3.63, 3.8) is 0 Å². The van der Waals surface area contributed by atoms with E-state index in [9.17, 15) is 5.11 Å². The molecule has 2 aliphatic rings. The molecule has 3 rings (SSSR count). The van der Waals surface area contributed by atoms with Gasteiger partial charge in [0, 0.05) is 19.2 Å². The van der Waals surface area contributed by atoms with Gasteiger partial charge < -0.3 is 15.3 Å². The molecule has 1 aliphatic heterocycles. The van der Waals surface area contributed by atoms with Gasteiger partial charge in [-0.15, -0.1) is 0 Å². The molecule has 0 atom stereocenters. The molecule has 3 nitrogen and oxygen atoms in total. The fraction of sp³-hybridized carbons (Fsp3) is 0.571. The summed E-state index contributed by atoms with van der Waals surface area (Å²) in [5.74, 6) is 0.360. The maximum absolute atomic E-state index is 9.68. The van der Waals surface area contributed by atoms with Crippen molar-refractivity contribution < 1.29 is 5.11 Å². The van der Waals surface area contributed by atoms with Crippen LogP contribution in [0.15, 0.2) is 18.2 Å². The molecule has 0 bridgehead atoms. The number of nitrogens with zero attached hydrogens (tertiary/aromatic N) is 1. The molecule has 1 aromatic rings. The van der Waals surface area contributed by atoms with Gasteiger partial charge >= 0.3 is 0 Å². The zero-order valence-corrected chi connectivity index (χ0v) is 10.4. The lowest BCUT2D eigenvalue weighted by Gasteiger charge is -2.47. The molecule has 1 aromatic carbocycles. The summed E-state index contributed by atoms with van der Waals surface area (Å²) in [5.41, 5.74) is 2.61. The Morgan fingerprint density at radius 1 is 1.35 bits per heavy atom. The molecular weight excluding hydrogens is 212 g/mol. The largest absolute Gasteiger partial charge is 0.508 e. The Morgan fingerprint density at radius 2 is 2.12 bits per heavy atom. The van der Waals surface area contributed by atoms with Gasteiger partial charge in [-0.3, -0.25) is 0 Å². The van der Waals surface area contributed by atoms with E-state index >= 15 is 0 Å². The van der Waals surface area contributed by atoms with Crippen LogP contribution in [0, 0.1) is 0 Å². The molecule has 1 fully saturated rings. The number of phenolic OH excluding ortho intramolecular Hbond substituents is 1. The molecule has 0 radical (unpaired) electrons. The third kappa shape index (κ3) is 1.56. The SMILES string of the molecule is CCN1c2cc(O)ccc2NCC12CCCC2. The molecule has 0 aromatic heterocycles. The Morgan fingerprint density at radius 3 is 2.82 bits per heavy atom. The molecular formula is C14H20N2O. The monoisotopic (exact) mass is 232 g/mol. The number of hydrogen-bond acceptors (Lipinski definition) is 3. The van der Waals surface area contributed by atoms with E-state index in [1.165, 1.54) is 31.4 Å². The van der Waals surface area contributed by atoms with Gasteiger partial charge in [-0.2, -0.15) is 0 Å². The van der Waals surface area contributed by atoms with E-state index in [0.717, 1.165) is 18.8 Å². The molecule has 17 heavy (non-hydrogen) atoms. The van der Waals surface area contributed by atoms with Gasteiger partial charge in [0.25, 0.3) is 0 Å². The smallest absolute Gasteiger partial charge is 0.117 e. The summed E-state index contributed by atoms with van der Waals surface area (Å²) >= 11 is 0. The second kappa shape index (κ2) is 3.83. The minimum Gasteiger partial charge on any atom is -0.508 e. The standard InChI is InChI=1S/C14H20N2O/c1-2-16-13-9-11(17)5-6-12(13)15-10-14(16)7-3-4-8-14/h5-6,9,15,17H,2-4,7-8,10H2,1H3. The third-order valence-corrected chi connectivity index (χ3v) is 4.30.